The maximum absolute atomic E-state index is 11.2. The number of amides is 1. The zero-order valence-electron chi connectivity index (χ0n) is 7.86. The lowest BCUT2D eigenvalue weighted by Gasteiger charge is -2.00. The molecule has 0 unspecified atom stereocenters. The Morgan fingerprint density at radius 3 is 2.43 bits per heavy atom. The van der Waals surface area contributed by atoms with Gasteiger partial charge in [-0.25, -0.2) is 0 Å². The summed E-state index contributed by atoms with van der Waals surface area (Å²) in [7, 11) is 0. The van der Waals surface area contributed by atoms with Crippen LogP contribution in [0.1, 0.15) is 6.92 Å². The zero-order valence-corrected chi connectivity index (χ0v) is 7.86. The molecule has 3 nitrogen and oxygen atoms in total. The number of hydrogen-bond acceptors (Lipinski definition) is 2. The highest BCUT2D eigenvalue weighted by molar-refractivity contribution is 6.44. The summed E-state index contributed by atoms with van der Waals surface area (Å²) in [6.45, 7) is 1.69. The number of anilines is 1. The van der Waals surface area contributed by atoms with Crippen molar-refractivity contribution in [2.24, 2.45) is 0 Å². The van der Waals surface area contributed by atoms with Gasteiger partial charge in [0, 0.05) is 5.69 Å². The summed E-state index contributed by atoms with van der Waals surface area (Å²) in [5.41, 5.74) is 0.621. The lowest BCUT2D eigenvalue weighted by atomic mass is 10.3. The van der Waals surface area contributed by atoms with Crippen LogP contribution in [-0.4, -0.2) is 11.7 Å². The summed E-state index contributed by atoms with van der Waals surface area (Å²) < 4.78 is 0. The first-order valence-electron chi connectivity index (χ1n) is 4.27. The highest BCUT2D eigenvalue weighted by atomic mass is 16.2. The largest absolute Gasteiger partial charge is 0.319 e. The summed E-state index contributed by atoms with van der Waals surface area (Å²) in [5.74, 6) is -1.16. The number of hydrogen-bond donors (Lipinski definition) is 1. The van der Waals surface area contributed by atoms with E-state index in [1.54, 1.807) is 31.2 Å². The van der Waals surface area contributed by atoms with Crippen LogP contribution in [0, 0.1) is 0 Å². The van der Waals surface area contributed by atoms with Crippen LogP contribution in [0.4, 0.5) is 5.69 Å². The van der Waals surface area contributed by atoms with Gasteiger partial charge in [0.05, 0.1) is 0 Å². The Labute approximate surface area is 82.4 Å². The monoisotopic (exact) mass is 189 g/mol. The third-order valence-electron chi connectivity index (χ3n) is 1.57. The molecule has 14 heavy (non-hydrogen) atoms. The highest BCUT2D eigenvalue weighted by Gasteiger charge is 2.08. The Balaban J connectivity index is 2.62. The molecule has 1 amide bonds. The fourth-order valence-corrected chi connectivity index (χ4v) is 0.941. The van der Waals surface area contributed by atoms with Gasteiger partial charge in [-0.05, 0) is 25.1 Å². The second-order valence-corrected chi connectivity index (χ2v) is 2.68. The summed E-state index contributed by atoms with van der Waals surface area (Å²) >= 11 is 0. The van der Waals surface area contributed by atoms with Crippen molar-refractivity contribution in [3.63, 3.8) is 0 Å². The minimum absolute atomic E-state index is 0.545. The van der Waals surface area contributed by atoms with Gasteiger partial charge in [0.25, 0.3) is 5.91 Å². The van der Waals surface area contributed by atoms with E-state index >= 15 is 0 Å². The van der Waals surface area contributed by atoms with Crippen molar-refractivity contribution >= 4 is 17.4 Å². The molecule has 0 saturated carbocycles. The molecular weight excluding hydrogens is 178 g/mol. The zero-order chi connectivity index (χ0) is 10.4. The number of carbonyl (C=O) groups is 2. The Hall–Kier alpha value is -1.90. The first kappa shape index (κ1) is 10.2. The number of carbonyl (C=O) groups excluding carboxylic acids is 2. The quantitative estimate of drug-likeness (QED) is 0.581. The van der Waals surface area contributed by atoms with E-state index in [0.717, 1.165) is 0 Å². The Kier molecular flexibility index (Phi) is 3.61. The van der Waals surface area contributed by atoms with E-state index in [9.17, 15) is 9.59 Å². The van der Waals surface area contributed by atoms with Gasteiger partial charge in [0.15, 0.2) is 0 Å². The van der Waals surface area contributed by atoms with E-state index in [1.165, 1.54) is 12.2 Å². The van der Waals surface area contributed by atoms with Crippen molar-refractivity contribution in [3.8, 4) is 0 Å². The van der Waals surface area contributed by atoms with Crippen LogP contribution in [0.3, 0.4) is 0 Å². The minimum atomic E-state index is -0.616. The van der Waals surface area contributed by atoms with Crippen molar-refractivity contribution in [1.29, 1.82) is 0 Å². The predicted octanol–water partition coefficient (Wildman–Crippen LogP) is 1.77. The molecule has 72 valence electrons. The topological polar surface area (TPSA) is 46.2 Å². The molecule has 0 aromatic heterocycles. The van der Waals surface area contributed by atoms with E-state index in [2.05, 4.69) is 5.32 Å². The molecule has 3 heteroatoms. The Morgan fingerprint density at radius 2 is 1.86 bits per heavy atom. The van der Waals surface area contributed by atoms with Crippen LogP contribution in [0.25, 0.3) is 0 Å². The molecule has 0 bridgehead atoms. The molecule has 0 spiro atoms. The number of rotatable bonds is 3. The Morgan fingerprint density at radius 1 is 1.21 bits per heavy atom. The summed E-state index contributed by atoms with van der Waals surface area (Å²) in [6, 6.07) is 8.86. The average Bonchev–Trinajstić information content (AvgIpc) is 2.19. The molecule has 1 rings (SSSR count). The number of ketones is 1. The molecule has 0 saturated heterocycles. The summed E-state index contributed by atoms with van der Waals surface area (Å²) in [5, 5.41) is 2.49. The molecule has 0 aliphatic rings. The maximum Gasteiger partial charge on any atom is 0.296 e. The highest BCUT2D eigenvalue weighted by Crippen LogP contribution is 2.04. The van der Waals surface area contributed by atoms with Gasteiger partial charge >= 0.3 is 0 Å². The predicted molar refractivity (Wildman–Crippen MR) is 54.9 cm³/mol. The molecule has 1 aromatic rings. The van der Waals surface area contributed by atoms with E-state index in [-0.39, 0.29) is 0 Å². The van der Waals surface area contributed by atoms with Crippen molar-refractivity contribution in [1.82, 2.24) is 0 Å². The van der Waals surface area contributed by atoms with Crippen LogP contribution < -0.4 is 5.32 Å². The van der Waals surface area contributed by atoms with Gasteiger partial charge in [0.2, 0.25) is 5.78 Å². The molecule has 1 aromatic carbocycles. The second-order valence-electron chi connectivity index (χ2n) is 2.68. The summed E-state index contributed by atoms with van der Waals surface area (Å²) in [4.78, 5) is 22.2. The van der Waals surface area contributed by atoms with Gasteiger partial charge in [-0.2, -0.15) is 0 Å². The molecule has 0 aliphatic heterocycles. The second kappa shape index (κ2) is 4.97. The van der Waals surface area contributed by atoms with Crippen LogP contribution in [-0.2, 0) is 9.59 Å². The lowest BCUT2D eigenvalue weighted by Crippen LogP contribution is -2.20. The van der Waals surface area contributed by atoms with E-state index < -0.39 is 11.7 Å². The molecule has 1 N–H and O–H groups in total. The summed E-state index contributed by atoms with van der Waals surface area (Å²) in [6.07, 6.45) is 2.77. The van der Waals surface area contributed by atoms with E-state index in [1.807, 2.05) is 6.07 Å². The van der Waals surface area contributed by atoms with Gasteiger partial charge in [-0.15, -0.1) is 0 Å². The van der Waals surface area contributed by atoms with Gasteiger partial charge in [0.1, 0.15) is 0 Å². The number of para-hydroxylation sites is 1. The number of nitrogens with one attached hydrogen (secondary N) is 1. The SMILES string of the molecule is C/C=C/C(=O)C(=O)Nc1ccccc1. The van der Waals surface area contributed by atoms with Gasteiger partial charge < -0.3 is 5.32 Å². The van der Waals surface area contributed by atoms with Crippen molar-refractivity contribution in [3.05, 3.63) is 42.5 Å². The smallest absolute Gasteiger partial charge is 0.296 e. The number of allylic oxidation sites excluding steroid dienone is 1. The number of benzene rings is 1. The third kappa shape index (κ3) is 2.86. The Bertz CT molecular complexity index is 355. The van der Waals surface area contributed by atoms with Crippen molar-refractivity contribution < 1.29 is 9.59 Å². The van der Waals surface area contributed by atoms with Crippen LogP contribution >= 0.6 is 0 Å². The molecule has 0 radical (unpaired) electrons. The van der Waals surface area contributed by atoms with E-state index in [0.29, 0.717) is 5.69 Å². The van der Waals surface area contributed by atoms with Gasteiger partial charge in [-0.3, -0.25) is 9.59 Å². The van der Waals surface area contributed by atoms with Crippen molar-refractivity contribution in [2.45, 2.75) is 6.92 Å². The standard InChI is InChI=1S/C11H11NO2/c1-2-6-10(13)11(14)12-9-7-4-3-5-8-9/h2-8H,1H3,(H,12,14)/b6-2+. The molecular formula is C11H11NO2. The van der Waals surface area contributed by atoms with Crippen LogP contribution in [0.15, 0.2) is 42.5 Å². The minimum Gasteiger partial charge on any atom is -0.319 e. The maximum atomic E-state index is 11.2. The third-order valence-corrected chi connectivity index (χ3v) is 1.57. The van der Waals surface area contributed by atoms with Crippen molar-refractivity contribution in [2.75, 3.05) is 5.32 Å². The lowest BCUT2D eigenvalue weighted by molar-refractivity contribution is -0.131. The fourth-order valence-electron chi connectivity index (χ4n) is 0.941. The fraction of sp³-hybridized carbons (Fsp3) is 0.0909. The average molecular weight is 189 g/mol. The first-order chi connectivity index (χ1) is 6.74. The van der Waals surface area contributed by atoms with E-state index in [4.69, 9.17) is 0 Å². The van der Waals surface area contributed by atoms with Crippen LogP contribution in [0.5, 0.6) is 0 Å². The molecule has 0 aliphatic carbocycles. The van der Waals surface area contributed by atoms with Gasteiger partial charge in [-0.1, -0.05) is 24.3 Å². The van der Waals surface area contributed by atoms with Crippen LogP contribution in [0.2, 0.25) is 0 Å². The molecule has 0 fully saturated rings. The first-order valence-corrected chi connectivity index (χ1v) is 4.27. The molecule has 0 atom stereocenters. The molecule has 0 heterocycles. The normalized spacial score (nSPS) is 10.1.